The molecule has 164 valence electrons. The first-order valence-corrected chi connectivity index (χ1v) is 11.3. The molecule has 0 radical (unpaired) electrons. The van der Waals surface area contributed by atoms with E-state index in [0.717, 1.165) is 12.8 Å². The minimum atomic E-state index is -0.416. The van der Waals surface area contributed by atoms with E-state index in [4.69, 9.17) is 11.6 Å². The molecule has 2 amide bonds. The standard InChI is InChI=1S/C21H24ClN5O3S/c1-21(2,3)27-17-16(15(25-27)19(30)26-9-5-8-14(26)11-28)31-20(23-17)24-18(29)12-6-4-7-13(22)10-12/h4,6-7,10,14,28H,5,8-9,11H2,1-3H3,(H,23,24,29)/t14-/m0/s1. The van der Waals surface area contributed by atoms with Gasteiger partial charge in [-0.05, 0) is 51.8 Å². The summed E-state index contributed by atoms with van der Waals surface area (Å²) >= 11 is 7.20. The summed E-state index contributed by atoms with van der Waals surface area (Å²) in [6.07, 6.45) is 1.62. The number of halogens is 1. The van der Waals surface area contributed by atoms with Gasteiger partial charge in [-0.1, -0.05) is 29.0 Å². The van der Waals surface area contributed by atoms with E-state index in [0.29, 0.717) is 38.3 Å². The lowest BCUT2D eigenvalue weighted by Gasteiger charge is -2.22. The monoisotopic (exact) mass is 461 g/mol. The third kappa shape index (κ3) is 4.17. The number of rotatable bonds is 4. The molecule has 0 bridgehead atoms. The largest absolute Gasteiger partial charge is 0.394 e. The molecule has 1 aliphatic rings. The second-order valence-corrected chi connectivity index (χ2v) is 9.98. The maximum absolute atomic E-state index is 13.3. The number of aliphatic hydroxyl groups is 1. The van der Waals surface area contributed by atoms with Gasteiger partial charge in [0.2, 0.25) is 0 Å². The molecule has 8 nitrogen and oxygen atoms in total. The van der Waals surface area contributed by atoms with Crippen LogP contribution in [0.2, 0.25) is 5.02 Å². The molecule has 1 atom stereocenters. The summed E-state index contributed by atoms with van der Waals surface area (Å²) in [5.74, 6) is -0.553. The Bertz CT molecular complexity index is 1150. The minimum Gasteiger partial charge on any atom is -0.394 e. The minimum absolute atomic E-state index is 0.0709. The third-order valence-corrected chi connectivity index (χ3v) is 6.42. The molecule has 1 aromatic carbocycles. The van der Waals surface area contributed by atoms with Crippen LogP contribution >= 0.6 is 22.9 Å². The van der Waals surface area contributed by atoms with Gasteiger partial charge in [0, 0.05) is 17.1 Å². The topological polar surface area (TPSA) is 100 Å². The lowest BCUT2D eigenvalue weighted by atomic mass is 10.1. The van der Waals surface area contributed by atoms with E-state index in [1.807, 2.05) is 20.8 Å². The molecule has 3 heterocycles. The van der Waals surface area contributed by atoms with Crippen molar-refractivity contribution in [3.05, 3.63) is 40.5 Å². The van der Waals surface area contributed by atoms with E-state index in [1.54, 1.807) is 33.8 Å². The molecule has 3 aromatic rings. The van der Waals surface area contributed by atoms with Gasteiger partial charge in [-0.15, -0.1) is 0 Å². The Morgan fingerprint density at radius 3 is 2.81 bits per heavy atom. The van der Waals surface area contributed by atoms with E-state index in [1.165, 1.54) is 11.3 Å². The second-order valence-electron chi connectivity index (χ2n) is 8.54. The van der Waals surface area contributed by atoms with Crippen LogP contribution in [0.5, 0.6) is 0 Å². The van der Waals surface area contributed by atoms with E-state index in [9.17, 15) is 14.7 Å². The summed E-state index contributed by atoms with van der Waals surface area (Å²) in [5, 5.41) is 17.9. The van der Waals surface area contributed by atoms with Gasteiger partial charge in [-0.2, -0.15) is 10.1 Å². The molecule has 2 N–H and O–H groups in total. The quantitative estimate of drug-likeness (QED) is 0.616. The van der Waals surface area contributed by atoms with Crippen LogP contribution in [0.3, 0.4) is 0 Å². The first kappa shape index (κ1) is 21.7. The van der Waals surface area contributed by atoms with Crippen LogP contribution in [0.25, 0.3) is 10.3 Å². The first-order chi connectivity index (χ1) is 14.7. The molecule has 0 saturated carbocycles. The van der Waals surface area contributed by atoms with Gasteiger partial charge in [-0.25, -0.2) is 4.68 Å². The molecular formula is C21H24ClN5O3S. The first-order valence-electron chi connectivity index (χ1n) is 10.1. The predicted molar refractivity (Wildman–Crippen MR) is 121 cm³/mol. The van der Waals surface area contributed by atoms with Gasteiger partial charge in [0.05, 0.1) is 18.2 Å². The molecule has 0 spiro atoms. The maximum atomic E-state index is 13.3. The molecule has 4 rings (SSSR count). The lowest BCUT2D eigenvalue weighted by molar-refractivity contribution is 0.0672. The zero-order valence-electron chi connectivity index (χ0n) is 17.6. The van der Waals surface area contributed by atoms with Crippen LogP contribution in [0.1, 0.15) is 54.5 Å². The number of aromatic nitrogens is 3. The van der Waals surface area contributed by atoms with Crippen molar-refractivity contribution in [1.29, 1.82) is 0 Å². The van der Waals surface area contributed by atoms with Crippen molar-refractivity contribution in [1.82, 2.24) is 19.7 Å². The average molecular weight is 462 g/mol. The molecule has 10 heteroatoms. The van der Waals surface area contributed by atoms with Crippen molar-refractivity contribution < 1.29 is 14.7 Å². The molecule has 1 aliphatic heterocycles. The Labute approximate surface area is 188 Å². The van der Waals surface area contributed by atoms with E-state index < -0.39 is 5.54 Å². The van der Waals surface area contributed by atoms with Gasteiger partial charge >= 0.3 is 0 Å². The number of hydrogen-bond donors (Lipinski definition) is 2. The Balaban J connectivity index is 1.72. The Kier molecular flexibility index (Phi) is 5.76. The normalized spacial score (nSPS) is 16.8. The van der Waals surface area contributed by atoms with Crippen LogP contribution in [-0.2, 0) is 5.54 Å². The maximum Gasteiger partial charge on any atom is 0.276 e. The predicted octanol–water partition coefficient (Wildman–Crippen LogP) is 3.75. The van der Waals surface area contributed by atoms with Gasteiger partial charge in [-0.3, -0.25) is 14.9 Å². The highest BCUT2D eigenvalue weighted by Crippen LogP contribution is 2.34. The molecule has 0 aliphatic carbocycles. The number of nitrogens with zero attached hydrogens (tertiary/aromatic N) is 4. The van der Waals surface area contributed by atoms with Gasteiger partial charge in [0.15, 0.2) is 16.5 Å². The van der Waals surface area contributed by atoms with Gasteiger partial charge in [0.25, 0.3) is 11.8 Å². The number of nitrogens with one attached hydrogen (secondary N) is 1. The number of fused-ring (bicyclic) bond motifs is 1. The summed E-state index contributed by atoms with van der Waals surface area (Å²) in [7, 11) is 0. The highest BCUT2D eigenvalue weighted by atomic mass is 35.5. The summed E-state index contributed by atoms with van der Waals surface area (Å²) in [6, 6.07) is 6.46. The van der Waals surface area contributed by atoms with E-state index >= 15 is 0 Å². The number of thiazole rings is 1. The number of amides is 2. The number of likely N-dealkylation sites (tertiary alicyclic amines) is 1. The summed E-state index contributed by atoms with van der Waals surface area (Å²) in [4.78, 5) is 32.2. The second kappa shape index (κ2) is 8.22. The summed E-state index contributed by atoms with van der Waals surface area (Å²) in [5.41, 5.74) is 0.844. The van der Waals surface area contributed by atoms with E-state index in [2.05, 4.69) is 15.4 Å². The zero-order valence-corrected chi connectivity index (χ0v) is 19.1. The number of anilines is 1. The Morgan fingerprint density at radius 1 is 1.35 bits per heavy atom. The molecule has 31 heavy (non-hydrogen) atoms. The van der Waals surface area contributed by atoms with Crippen molar-refractivity contribution in [2.24, 2.45) is 0 Å². The van der Waals surface area contributed by atoms with Crippen LogP contribution < -0.4 is 5.32 Å². The number of carbonyl (C=O) groups excluding carboxylic acids is 2. The molecule has 2 aromatic heterocycles. The van der Waals surface area contributed by atoms with Crippen LogP contribution in [0, 0.1) is 0 Å². The lowest BCUT2D eigenvalue weighted by Crippen LogP contribution is -2.38. The van der Waals surface area contributed by atoms with Crippen molar-refractivity contribution in [2.45, 2.75) is 45.2 Å². The Hall–Kier alpha value is -2.49. The SMILES string of the molecule is CC(C)(C)n1nc(C(=O)N2CCC[C@H]2CO)c2sc(NC(=O)c3cccc(Cl)c3)nc21. The average Bonchev–Trinajstić information content (AvgIpc) is 3.41. The van der Waals surface area contributed by atoms with Crippen molar-refractivity contribution in [3.63, 3.8) is 0 Å². The summed E-state index contributed by atoms with van der Waals surface area (Å²) in [6.45, 7) is 6.44. The fourth-order valence-electron chi connectivity index (χ4n) is 3.69. The number of carbonyl (C=O) groups is 2. The smallest absolute Gasteiger partial charge is 0.276 e. The third-order valence-electron chi connectivity index (χ3n) is 5.22. The molecule has 1 fully saturated rings. The fraction of sp³-hybridized carbons (Fsp3) is 0.429. The highest BCUT2D eigenvalue weighted by Gasteiger charge is 2.34. The summed E-state index contributed by atoms with van der Waals surface area (Å²) < 4.78 is 2.33. The van der Waals surface area contributed by atoms with Gasteiger partial charge in [0.1, 0.15) is 4.70 Å². The van der Waals surface area contributed by atoms with Crippen molar-refractivity contribution in [2.75, 3.05) is 18.5 Å². The zero-order chi connectivity index (χ0) is 22.3. The number of aliphatic hydroxyl groups excluding tert-OH is 1. The molecule has 1 saturated heterocycles. The highest BCUT2D eigenvalue weighted by molar-refractivity contribution is 7.22. The van der Waals surface area contributed by atoms with Crippen molar-refractivity contribution >= 4 is 50.2 Å². The van der Waals surface area contributed by atoms with Crippen LogP contribution in [-0.4, -0.2) is 55.8 Å². The number of benzene rings is 1. The Morgan fingerprint density at radius 2 is 2.13 bits per heavy atom. The van der Waals surface area contributed by atoms with E-state index in [-0.39, 0.29) is 24.5 Å². The molecular weight excluding hydrogens is 438 g/mol. The van der Waals surface area contributed by atoms with Crippen LogP contribution in [0.15, 0.2) is 24.3 Å². The molecule has 0 unspecified atom stereocenters. The van der Waals surface area contributed by atoms with Gasteiger partial charge < -0.3 is 10.0 Å². The van der Waals surface area contributed by atoms with Crippen LogP contribution in [0.4, 0.5) is 5.13 Å². The number of hydrogen-bond acceptors (Lipinski definition) is 6. The fourth-order valence-corrected chi connectivity index (χ4v) is 4.80. The van der Waals surface area contributed by atoms with Crippen molar-refractivity contribution in [3.8, 4) is 0 Å².